The van der Waals surface area contributed by atoms with Crippen molar-refractivity contribution < 1.29 is 13.9 Å². The van der Waals surface area contributed by atoms with Crippen molar-refractivity contribution >= 4 is 17.3 Å². The maximum absolute atomic E-state index is 12.9. The standard InChI is InChI=1S/C22H25N5O4/c1-15-7-8-19(31-15)17-13-16(23)22(29)27(24-17)14-21(28)26-11-9-25(10-12-26)18-5-3-4-6-20(18)30-2/h3-8,13H,9-12,14,23H2,1-2H3. The summed E-state index contributed by atoms with van der Waals surface area (Å²) in [7, 11) is 1.65. The minimum absolute atomic E-state index is 0.0212. The molecule has 0 aliphatic carbocycles. The average molecular weight is 423 g/mol. The molecular weight excluding hydrogens is 398 g/mol. The molecule has 0 unspecified atom stereocenters. The maximum Gasteiger partial charge on any atom is 0.290 e. The van der Waals surface area contributed by atoms with Gasteiger partial charge in [-0.05, 0) is 37.3 Å². The fourth-order valence-corrected chi connectivity index (χ4v) is 3.68. The minimum atomic E-state index is -0.493. The second-order valence-electron chi connectivity index (χ2n) is 7.40. The number of nitrogen functional groups attached to an aromatic ring is 1. The Labute approximate surface area is 179 Å². The Balaban J connectivity index is 1.46. The van der Waals surface area contributed by atoms with E-state index < -0.39 is 5.56 Å². The lowest BCUT2D eigenvalue weighted by Gasteiger charge is -2.36. The Morgan fingerprint density at radius 3 is 2.58 bits per heavy atom. The van der Waals surface area contributed by atoms with E-state index in [0.717, 1.165) is 21.9 Å². The van der Waals surface area contributed by atoms with Crippen LogP contribution in [0.5, 0.6) is 5.75 Å². The number of anilines is 2. The number of aromatic nitrogens is 2. The highest BCUT2D eigenvalue weighted by atomic mass is 16.5. The Hall–Kier alpha value is -3.75. The molecule has 9 heteroatoms. The minimum Gasteiger partial charge on any atom is -0.495 e. The van der Waals surface area contributed by atoms with Crippen LogP contribution in [0.4, 0.5) is 11.4 Å². The Kier molecular flexibility index (Phi) is 5.66. The van der Waals surface area contributed by atoms with Gasteiger partial charge in [-0.2, -0.15) is 5.10 Å². The van der Waals surface area contributed by atoms with Crippen LogP contribution in [0, 0.1) is 6.92 Å². The van der Waals surface area contributed by atoms with Crippen LogP contribution in [-0.4, -0.2) is 53.9 Å². The molecule has 9 nitrogen and oxygen atoms in total. The zero-order valence-electron chi connectivity index (χ0n) is 17.6. The van der Waals surface area contributed by atoms with E-state index in [9.17, 15) is 9.59 Å². The number of furan rings is 1. The number of hydrogen-bond donors (Lipinski definition) is 1. The molecule has 1 aromatic carbocycles. The molecule has 1 saturated heterocycles. The molecule has 0 spiro atoms. The summed E-state index contributed by atoms with van der Waals surface area (Å²) in [5, 5.41) is 4.29. The number of amides is 1. The molecule has 31 heavy (non-hydrogen) atoms. The van der Waals surface area contributed by atoms with E-state index >= 15 is 0 Å². The summed E-state index contributed by atoms with van der Waals surface area (Å²) in [5.41, 5.74) is 6.82. The fourth-order valence-electron chi connectivity index (χ4n) is 3.68. The van der Waals surface area contributed by atoms with E-state index in [1.165, 1.54) is 6.07 Å². The first-order valence-electron chi connectivity index (χ1n) is 10.1. The summed E-state index contributed by atoms with van der Waals surface area (Å²) in [5.74, 6) is 1.84. The van der Waals surface area contributed by atoms with Crippen LogP contribution < -0.4 is 20.9 Å². The number of carbonyl (C=O) groups is 1. The number of hydrogen-bond acceptors (Lipinski definition) is 7. The molecule has 1 fully saturated rings. The van der Waals surface area contributed by atoms with E-state index in [4.69, 9.17) is 14.9 Å². The summed E-state index contributed by atoms with van der Waals surface area (Å²) >= 11 is 0. The quantitative estimate of drug-likeness (QED) is 0.666. The highest BCUT2D eigenvalue weighted by molar-refractivity contribution is 5.76. The number of nitrogens with zero attached hydrogens (tertiary/aromatic N) is 4. The molecule has 1 aliphatic heterocycles. The summed E-state index contributed by atoms with van der Waals surface area (Å²) in [6, 6.07) is 12.8. The van der Waals surface area contributed by atoms with Crippen LogP contribution >= 0.6 is 0 Å². The number of methoxy groups -OCH3 is 1. The van der Waals surface area contributed by atoms with Gasteiger partial charge >= 0.3 is 0 Å². The Morgan fingerprint density at radius 2 is 1.90 bits per heavy atom. The predicted molar refractivity (Wildman–Crippen MR) is 117 cm³/mol. The van der Waals surface area contributed by atoms with Gasteiger partial charge in [-0.3, -0.25) is 9.59 Å². The normalized spacial score (nSPS) is 14.0. The van der Waals surface area contributed by atoms with Gasteiger partial charge in [-0.15, -0.1) is 0 Å². The van der Waals surface area contributed by atoms with Gasteiger partial charge in [0.1, 0.15) is 29.4 Å². The highest BCUT2D eigenvalue weighted by Crippen LogP contribution is 2.28. The van der Waals surface area contributed by atoms with Crippen molar-refractivity contribution in [2.45, 2.75) is 13.5 Å². The second-order valence-corrected chi connectivity index (χ2v) is 7.40. The topological polar surface area (TPSA) is 107 Å². The molecule has 2 N–H and O–H groups in total. The van der Waals surface area contributed by atoms with Crippen molar-refractivity contribution in [2.24, 2.45) is 0 Å². The number of benzene rings is 1. The van der Waals surface area contributed by atoms with E-state index in [1.807, 2.05) is 31.2 Å². The molecule has 2 aromatic heterocycles. The summed E-state index contributed by atoms with van der Waals surface area (Å²) < 4.78 is 12.1. The third-order valence-corrected chi connectivity index (χ3v) is 5.34. The van der Waals surface area contributed by atoms with Crippen LogP contribution in [0.25, 0.3) is 11.5 Å². The van der Waals surface area contributed by atoms with Gasteiger partial charge in [0.15, 0.2) is 5.76 Å². The van der Waals surface area contributed by atoms with Gasteiger partial charge in [0.2, 0.25) is 5.91 Å². The SMILES string of the molecule is COc1ccccc1N1CCN(C(=O)Cn2nc(-c3ccc(C)o3)cc(N)c2=O)CC1. The smallest absolute Gasteiger partial charge is 0.290 e. The van der Waals surface area contributed by atoms with E-state index in [0.29, 0.717) is 37.6 Å². The number of carbonyl (C=O) groups excluding carboxylic acids is 1. The van der Waals surface area contributed by atoms with Crippen molar-refractivity contribution in [2.75, 3.05) is 43.9 Å². The lowest BCUT2D eigenvalue weighted by molar-refractivity contribution is -0.132. The number of ether oxygens (including phenoxy) is 1. The van der Waals surface area contributed by atoms with E-state index in [1.54, 1.807) is 24.1 Å². The molecule has 0 saturated carbocycles. The van der Waals surface area contributed by atoms with Crippen LogP contribution in [-0.2, 0) is 11.3 Å². The third kappa shape index (κ3) is 4.25. The van der Waals surface area contributed by atoms with Gasteiger partial charge in [-0.25, -0.2) is 4.68 Å². The number of aryl methyl sites for hydroxylation is 1. The molecule has 0 atom stereocenters. The summed E-state index contributed by atoms with van der Waals surface area (Å²) in [6.45, 7) is 4.06. The van der Waals surface area contributed by atoms with Crippen molar-refractivity contribution in [1.29, 1.82) is 0 Å². The number of piperazine rings is 1. The van der Waals surface area contributed by atoms with Crippen LogP contribution in [0.15, 0.2) is 51.7 Å². The molecule has 162 valence electrons. The number of rotatable bonds is 5. The van der Waals surface area contributed by atoms with Gasteiger partial charge < -0.3 is 24.7 Å². The van der Waals surface area contributed by atoms with Crippen LogP contribution in [0.2, 0.25) is 0 Å². The van der Waals surface area contributed by atoms with E-state index in [2.05, 4.69) is 10.00 Å². The first kappa shape index (κ1) is 20.5. The van der Waals surface area contributed by atoms with E-state index in [-0.39, 0.29) is 18.1 Å². The molecule has 0 bridgehead atoms. The lowest BCUT2D eigenvalue weighted by atomic mass is 10.2. The zero-order chi connectivity index (χ0) is 22.0. The third-order valence-electron chi connectivity index (χ3n) is 5.34. The van der Waals surface area contributed by atoms with Crippen LogP contribution in [0.3, 0.4) is 0 Å². The van der Waals surface area contributed by atoms with Crippen molar-refractivity contribution in [1.82, 2.24) is 14.7 Å². The Morgan fingerprint density at radius 1 is 1.16 bits per heavy atom. The van der Waals surface area contributed by atoms with Gasteiger partial charge in [0, 0.05) is 26.2 Å². The molecule has 4 rings (SSSR count). The first-order chi connectivity index (χ1) is 15.0. The molecule has 3 aromatic rings. The number of nitrogens with two attached hydrogens (primary N) is 1. The molecule has 1 amide bonds. The number of para-hydroxylation sites is 2. The molecule has 3 heterocycles. The average Bonchev–Trinajstić information content (AvgIpc) is 3.23. The van der Waals surface area contributed by atoms with Crippen molar-refractivity contribution in [3.63, 3.8) is 0 Å². The van der Waals surface area contributed by atoms with Gasteiger partial charge in [0.05, 0.1) is 12.8 Å². The van der Waals surface area contributed by atoms with Gasteiger partial charge in [0.25, 0.3) is 5.56 Å². The predicted octanol–water partition coefficient (Wildman–Crippen LogP) is 1.75. The summed E-state index contributed by atoms with van der Waals surface area (Å²) in [4.78, 5) is 29.2. The lowest BCUT2D eigenvalue weighted by Crippen LogP contribution is -2.50. The highest BCUT2D eigenvalue weighted by Gasteiger charge is 2.24. The fraction of sp³-hybridized carbons (Fsp3) is 0.318. The second kappa shape index (κ2) is 8.55. The maximum atomic E-state index is 12.9. The molecule has 1 aliphatic rings. The van der Waals surface area contributed by atoms with Gasteiger partial charge in [-0.1, -0.05) is 12.1 Å². The largest absolute Gasteiger partial charge is 0.495 e. The molecule has 0 radical (unpaired) electrons. The monoisotopic (exact) mass is 423 g/mol. The summed E-state index contributed by atoms with van der Waals surface area (Å²) in [6.07, 6.45) is 0. The Bertz CT molecular complexity index is 1140. The van der Waals surface area contributed by atoms with Crippen molar-refractivity contribution in [3.8, 4) is 17.2 Å². The van der Waals surface area contributed by atoms with Crippen molar-refractivity contribution in [3.05, 3.63) is 58.6 Å². The molecular formula is C22H25N5O4. The first-order valence-corrected chi connectivity index (χ1v) is 10.1. The van der Waals surface area contributed by atoms with Crippen LogP contribution in [0.1, 0.15) is 5.76 Å². The zero-order valence-corrected chi connectivity index (χ0v) is 17.6.